The molecule has 2 atom stereocenters. The zero-order chi connectivity index (χ0) is 20.1. The van der Waals surface area contributed by atoms with Crippen molar-refractivity contribution < 1.29 is 23.9 Å². The quantitative estimate of drug-likeness (QED) is 0.505. The number of hydrogen-bond donors (Lipinski definition) is 1. The first-order chi connectivity index (χ1) is 13.5. The highest BCUT2D eigenvalue weighted by Gasteiger charge is 2.56. The molecule has 3 rings (SSSR count). The first-order valence-electron chi connectivity index (χ1n) is 10.5. The molecule has 0 aromatic heterocycles. The van der Waals surface area contributed by atoms with E-state index in [0.29, 0.717) is 39.1 Å². The average Bonchev–Trinajstić information content (AvgIpc) is 2.69. The van der Waals surface area contributed by atoms with Gasteiger partial charge in [-0.1, -0.05) is 0 Å². The van der Waals surface area contributed by atoms with Crippen LogP contribution in [-0.2, 0) is 23.9 Å². The van der Waals surface area contributed by atoms with E-state index in [4.69, 9.17) is 9.47 Å². The Morgan fingerprint density at radius 2 is 2.07 bits per heavy atom. The molecule has 2 aliphatic heterocycles. The van der Waals surface area contributed by atoms with Crippen molar-refractivity contribution in [2.45, 2.75) is 58.3 Å². The first kappa shape index (κ1) is 20.8. The molecule has 2 amide bonds. The van der Waals surface area contributed by atoms with Crippen LogP contribution in [0.1, 0.15) is 58.3 Å². The smallest absolute Gasteiger partial charge is 0.318 e. The third-order valence-electron chi connectivity index (χ3n) is 6.16. The van der Waals surface area contributed by atoms with Gasteiger partial charge in [0, 0.05) is 44.8 Å². The highest BCUT2D eigenvalue weighted by Crippen LogP contribution is 2.54. The Balaban J connectivity index is 1.81. The summed E-state index contributed by atoms with van der Waals surface area (Å²) in [5, 5.41) is 2.86. The minimum absolute atomic E-state index is 0.0129. The van der Waals surface area contributed by atoms with E-state index in [1.165, 1.54) is 5.57 Å². The second-order valence-electron chi connectivity index (χ2n) is 8.00. The van der Waals surface area contributed by atoms with Crippen molar-refractivity contribution in [3.8, 4) is 0 Å². The molecule has 7 nitrogen and oxygen atoms in total. The fourth-order valence-corrected chi connectivity index (χ4v) is 5.03. The van der Waals surface area contributed by atoms with Crippen molar-refractivity contribution in [1.82, 2.24) is 10.2 Å². The Bertz CT molecular complexity index is 655. The van der Waals surface area contributed by atoms with Crippen molar-refractivity contribution in [3.05, 3.63) is 11.3 Å². The molecule has 1 aliphatic carbocycles. The number of carbonyl (C=O) groups excluding carboxylic acids is 3. The molecule has 156 valence electrons. The maximum atomic E-state index is 13.2. The molecule has 0 aromatic rings. The molecule has 0 aromatic carbocycles. The van der Waals surface area contributed by atoms with Gasteiger partial charge in [0.15, 0.2) is 0 Å². The van der Waals surface area contributed by atoms with E-state index in [2.05, 4.69) is 5.32 Å². The summed E-state index contributed by atoms with van der Waals surface area (Å²) < 4.78 is 10.5. The molecule has 1 fully saturated rings. The lowest BCUT2D eigenvalue weighted by atomic mass is 9.63. The first-order valence-corrected chi connectivity index (χ1v) is 10.5. The highest BCUT2D eigenvalue weighted by atomic mass is 16.5. The molecule has 0 saturated carbocycles. The van der Waals surface area contributed by atoms with Crippen molar-refractivity contribution in [2.75, 3.05) is 33.4 Å². The predicted molar refractivity (Wildman–Crippen MR) is 103 cm³/mol. The highest BCUT2D eigenvalue weighted by molar-refractivity contribution is 5.92. The molecule has 0 unspecified atom stereocenters. The summed E-state index contributed by atoms with van der Waals surface area (Å²) >= 11 is 0. The molecular weight excluding hydrogens is 360 g/mol. The standard InChI is InChI=1S/C21H32N2O5/c1-3-28-20(26)21-9-4-7-15-8-5-11-23(18(15)21)19(25)16(14-21)13-17(24)22-10-6-12-27-2/h16H,3-14H2,1-2H3,(H,22,24)/t16-,21-/m0/s1. The predicted octanol–water partition coefficient (Wildman–Crippen LogP) is 2.16. The Morgan fingerprint density at radius 1 is 1.29 bits per heavy atom. The fourth-order valence-electron chi connectivity index (χ4n) is 5.03. The molecule has 2 heterocycles. The largest absolute Gasteiger partial charge is 0.465 e. The number of hydrogen-bond acceptors (Lipinski definition) is 5. The van der Waals surface area contributed by atoms with Crippen LogP contribution in [0.15, 0.2) is 11.3 Å². The van der Waals surface area contributed by atoms with Gasteiger partial charge in [0.05, 0.1) is 6.61 Å². The van der Waals surface area contributed by atoms with E-state index >= 15 is 0 Å². The number of piperidine rings is 1. The van der Waals surface area contributed by atoms with Gasteiger partial charge in [0.2, 0.25) is 11.8 Å². The Morgan fingerprint density at radius 3 is 2.82 bits per heavy atom. The Labute approximate surface area is 166 Å². The zero-order valence-corrected chi connectivity index (χ0v) is 17.1. The van der Waals surface area contributed by atoms with Crippen LogP contribution in [0.3, 0.4) is 0 Å². The van der Waals surface area contributed by atoms with Crippen molar-refractivity contribution in [3.63, 3.8) is 0 Å². The molecule has 0 spiro atoms. The lowest BCUT2D eigenvalue weighted by Crippen LogP contribution is -2.56. The molecule has 0 radical (unpaired) electrons. The van der Waals surface area contributed by atoms with Gasteiger partial charge in [-0.15, -0.1) is 0 Å². The maximum absolute atomic E-state index is 13.2. The maximum Gasteiger partial charge on any atom is 0.318 e. The van der Waals surface area contributed by atoms with Crippen molar-refractivity contribution >= 4 is 17.8 Å². The lowest BCUT2D eigenvalue weighted by Gasteiger charge is -2.51. The average molecular weight is 392 g/mol. The number of nitrogens with zero attached hydrogens (tertiary/aromatic N) is 1. The normalized spacial score (nSPS) is 26.7. The lowest BCUT2D eigenvalue weighted by molar-refractivity contribution is -0.162. The molecule has 0 bridgehead atoms. The van der Waals surface area contributed by atoms with Gasteiger partial charge in [0.25, 0.3) is 0 Å². The van der Waals surface area contributed by atoms with Gasteiger partial charge in [-0.05, 0) is 57.4 Å². The molecule has 1 saturated heterocycles. The van der Waals surface area contributed by atoms with Crippen LogP contribution in [-0.4, -0.2) is 56.1 Å². The van der Waals surface area contributed by atoms with E-state index in [-0.39, 0.29) is 24.2 Å². The fraction of sp³-hybridized carbons (Fsp3) is 0.762. The molecule has 3 aliphatic rings. The summed E-state index contributed by atoms with van der Waals surface area (Å²) in [4.78, 5) is 40.4. The van der Waals surface area contributed by atoms with Crippen LogP contribution in [0.25, 0.3) is 0 Å². The number of ether oxygens (including phenoxy) is 2. The van der Waals surface area contributed by atoms with Gasteiger partial charge in [-0.3, -0.25) is 14.4 Å². The summed E-state index contributed by atoms with van der Waals surface area (Å²) in [6.45, 7) is 3.87. The van der Waals surface area contributed by atoms with Gasteiger partial charge < -0.3 is 19.7 Å². The topological polar surface area (TPSA) is 84.9 Å². The van der Waals surface area contributed by atoms with Gasteiger partial charge in [0.1, 0.15) is 5.41 Å². The SMILES string of the molecule is CCOC(=O)[C@]12CCCC3=C1N(CCC3)C(=O)[C@@H](CC(=O)NCCCOC)C2. The number of methoxy groups -OCH3 is 1. The number of rotatable bonds is 8. The van der Waals surface area contributed by atoms with Crippen LogP contribution in [0.4, 0.5) is 0 Å². The molecule has 7 heteroatoms. The van der Waals surface area contributed by atoms with E-state index in [1.807, 2.05) is 6.92 Å². The van der Waals surface area contributed by atoms with Gasteiger partial charge in [-0.25, -0.2) is 0 Å². The minimum atomic E-state index is -0.765. The second-order valence-corrected chi connectivity index (χ2v) is 8.00. The third-order valence-corrected chi connectivity index (χ3v) is 6.16. The van der Waals surface area contributed by atoms with Crippen LogP contribution >= 0.6 is 0 Å². The number of allylic oxidation sites excluding steroid dienone is 1. The summed E-state index contributed by atoms with van der Waals surface area (Å²) in [7, 11) is 1.62. The minimum Gasteiger partial charge on any atom is -0.465 e. The van der Waals surface area contributed by atoms with E-state index in [0.717, 1.165) is 37.8 Å². The van der Waals surface area contributed by atoms with E-state index < -0.39 is 11.3 Å². The molecular formula is C21H32N2O5. The van der Waals surface area contributed by atoms with Crippen LogP contribution < -0.4 is 5.32 Å². The van der Waals surface area contributed by atoms with Crippen LogP contribution in [0.2, 0.25) is 0 Å². The van der Waals surface area contributed by atoms with Crippen LogP contribution in [0, 0.1) is 11.3 Å². The van der Waals surface area contributed by atoms with E-state index in [9.17, 15) is 14.4 Å². The number of amides is 2. The number of carbonyl (C=O) groups is 3. The monoisotopic (exact) mass is 392 g/mol. The zero-order valence-electron chi connectivity index (χ0n) is 17.1. The van der Waals surface area contributed by atoms with Crippen molar-refractivity contribution in [2.24, 2.45) is 11.3 Å². The third kappa shape index (κ3) is 3.95. The second kappa shape index (κ2) is 9.07. The number of nitrogens with one attached hydrogen (secondary N) is 1. The van der Waals surface area contributed by atoms with Gasteiger partial charge in [-0.2, -0.15) is 0 Å². The van der Waals surface area contributed by atoms with E-state index in [1.54, 1.807) is 12.0 Å². The molecule has 1 N–H and O–H groups in total. The van der Waals surface area contributed by atoms with Crippen LogP contribution in [0.5, 0.6) is 0 Å². The van der Waals surface area contributed by atoms with Crippen molar-refractivity contribution in [1.29, 1.82) is 0 Å². The number of esters is 1. The van der Waals surface area contributed by atoms with Gasteiger partial charge >= 0.3 is 5.97 Å². The Hall–Kier alpha value is -1.89. The summed E-state index contributed by atoms with van der Waals surface area (Å²) in [5.41, 5.74) is 1.38. The molecule has 28 heavy (non-hydrogen) atoms. The summed E-state index contributed by atoms with van der Waals surface area (Å²) in [6.07, 6.45) is 5.67. The summed E-state index contributed by atoms with van der Waals surface area (Å²) in [6, 6.07) is 0. The Kier molecular flexibility index (Phi) is 6.75. The summed E-state index contributed by atoms with van der Waals surface area (Å²) in [5.74, 6) is -0.866.